The van der Waals surface area contributed by atoms with E-state index in [4.69, 9.17) is 4.84 Å². The summed E-state index contributed by atoms with van der Waals surface area (Å²) < 4.78 is 0. The lowest BCUT2D eigenvalue weighted by molar-refractivity contribution is -0.123. The van der Waals surface area contributed by atoms with Gasteiger partial charge < -0.3 is 10.2 Å². The summed E-state index contributed by atoms with van der Waals surface area (Å²) in [6.07, 6.45) is 0. The molecule has 2 aromatic carbocycles. The molecule has 1 aliphatic rings. The molecule has 0 radical (unpaired) electrons. The van der Waals surface area contributed by atoms with Gasteiger partial charge in [0, 0.05) is 5.41 Å². The highest BCUT2D eigenvalue weighted by Gasteiger charge is 2.39. The summed E-state index contributed by atoms with van der Waals surface area (Å²) in [5.74, 6) is -2.63. The first kappa shape index (κ1) is 18.3. The predicted molar refractivity (Wildman–Crippen MR) is 96.9 cm³/mol. The average molecular weight is 366 g/mol. The van der Waals surface area contributed by atoms with Gasteiger partial charge in [0.1, 0.15) is 0 Å². The molecule has 1 heterocycles. The number of para-hydroxylation sites is 1. The highest BCUT2D eigenvalue weighted by atomic mass is 16.7. The first-order chi connectivity index (χ1) is 12.7. The standard InChI is InChI=1S/C20H18N2O5/c1-20(2,3)19(26)21-15-11-7-6-10-14(15)18(25)27-22-16(23)12-8-4-5-9-13(12)17(22)24/h4-11H,1-3H3,(H,21,26). The lowest BCUT2D eigenvalue weighted by atomic mass is 9.95. The summed E-state index contributed by atoms with van der Waals surface area (Å²) in [5, 5.41) is 3.11. The Morgan fingerprint density at radius 1 is 0.889 bits per heavy atom. The Balaban J connectivity index is 1.83. The third kappa shape index (κ3) is 3.44. The fraction of sp³-hybridized carbons (Fsp3) is 0.200. The molecule has 1 N–H and O–H groups in total. The minimum Gasteiger partial charge on any atom is -0.325 e. The number of hydroxylamine groups is 2. The average Bonchev–Trinajstić information content (AvgIpc) is 2.86. The molecule has 138 valence electrons. The number of anilines is 1. The van der Waals surface area contributed by atoms with Gasteiger partial charge in [0.05, 0.1) is 22.4 Å². The van der Waals surface area contributed by atoms with Crippen molar-refractivity contribution in [3.8, 4) is 0 Å². The minimum atomic E-state index is -0.922. The number of carbonyl (C=O) groups is 4. The Bertz CT molecular complexity index is 924. The van der Waals surface area contributed by atoms with E-state index in [0.717, 1.165) is 0 Å². The quantitative estimate of drug-likeness (QED) is 0.843. The molecule has 1 aliphatic heterocycles. The second kappa shape index (κ2) is 6.68. The molecule has 7 nitrogen and oxygen atoms in total. The summed E-state index contributed by atoms with van der Waals surface area (Å²) in [7, 11) is 0. The lowest BCUT2D eigenvalue weighted by Crippen LogP contribution is -2.33. The highest BCUT2D eigenvalue weighted by molar-refractivity contribution is 6.21. The van der Waals surface area contributed by atoms with Crippen LogP contribution in [0.3, 0.4) is 0 Å². The van der Waals surface area contributed by atoms with Gasteiger partial charge in [-0.1, -0.05) is 50.1 Å². The zero-order valence-electron chi connectivity index (χ0n) is 15.1. The largest absolute Gasteiger partial charge is 0.366 e. The molecule has 0 aliphatic carbocycles. The van der Waals surface area contributed by atoms with Crippen LogP contribution in [-0.4, -0.2) is 28.8 Å². The Hall–Kier alpha value is -3.48. The Morgan fingerprint density at radius 2 is 1.41 bits per heavy atom. The zero-order chi connectivity index (χ0) is 19.8. The summed E-state index contributed by atoms with van der Waals surface area (Å²) in [5.41, 5.74) is -0.0561. The third-order valence-corrected chi connectivity index (χ3v) is 4.01. The van der Waals surface area contributed by atoms with E-state index in [1.54, 1.807) is 51.1 Å². The number of imide groups is 1. The van der Waals surface area contributed by atoms with Gasteiger partial charge >= 0.3 is 5.97 Å². The topological polar surface area (TPSA) is 92.8 Å². The molecule has 27 heavy (non-hydrogen) atoms. The van der Waals surface area contributed by atoms with Crippen LogP contribution >= 0.6 is 0 Å². The van der Waals surface area contributed by atoms with Gasteiger partial charge in [0.2, 0.25) is 5.91 Å². The Kier molecular flexibility index (Phi) is 4.53. The summed E-state index contributed by atoms with van der Waals surface area (Å²) in [6, 6.07) is 12.4. The van der Waals surface area contributed by atoms with Crippen molar-refractivity contribution in [1.82, 2.24) is 5.06 Å². The third-order valence-electron chi connectivity index (χ3n) is 4.01. The van der Waals surface area contributed by atoms with Gasteiger partial charge in [-0.2, -0.15) is 0 Å². The number of nitrogens with one attached hydrogen (secondary N) is 1. The number of benzene rings is 2. The van der Waals surface area contributed by atoms with Crippen LogP contribution in [0.4, 0.5) is 5.69 Å². The number of carbonyl (C=O) groups excluding carboxylic acids is 4. The number of rotatable bonds is 3. The van der Waals surface area contributed by atoms with Crippen molar-refractivity contribution in [3.63, 3.8) is 0 Å². The van der Waals surface area contributed by atoms with Crippen LogP contribution < -0.4 is 5.32 Å². The van der Waals surface area contributed by atoms with E-state index in [-0.39, 0.29) is 28.3 Å². The van der Waals surface area contributed by atoms with Crippen molar-refractivity contribution in [2.45, 2.75) is 20.8 Å². The maximum atomic E-state index is 12.6. The number of nitrogens with zero attached hydrogens (tertiary/aromatic N) is 1. The highest BCUT2D eigenvalue weighted by Crippen LogP contribution is 2.25. The predicted octanol–water partition coefficient (Wildman–Crippen LogP) is 3.04. The van der Waals surface area contributed by atoms with Gasteiger partial charge in [-0.15, -0.1) is 0 Å². The molecule has 0 aromatic heterocycles. The van der Waals surface area contributed by atoms with E-state index in [1.165, 1.54) is 18.2 Å². The Morgan fingerprint density at radius 3 is 1.96 bits per heavy atom. The van der Waals surface area contributed by atoms with Gasteiger partial charge in [-0.3, -0.25) is 14.4 Å². The van der Waals surface area contributed by atoms with Gasteiger partial charge in [-0.05, 0) is 24.3 Å². The lowest BCUT2D eigenvalue weighted by Gasteiger charge is -2.19. The van der Waals surface area contributed by atoms with Crippen LogP contribution in [0.2, 0.25) is 0 Å². The molecular formula is C20H18N2O5. The van der Waals surface area contributed by atoms with Crippen LogP contribution in [0.1, 0.15) is 51.8 Å². The van der Waals surface area contributed by atoms with Crippen LogP contribution in [0.5, 0.6) is 0 Å². The molecule has 0 unspecified atom stereocenters. The van der Waals surface area contributed by atoms with Crippen LogP contribution in [0.15, 0.2) is 48.5 Å². The van der Waals surface area contributed by atoms with Crippen LogP contribution in [-0.2, 0) is 9.63 Å². The number of hydrogen-bond donors (Lipinski definition) is 1. The monoisotopic (exact) mass is 366 g/mol. The first-order valence-electron chi connectivity index (χ1n) is 8.31. The first-order valence-corrected chi connectivity index (χ1v) is 8.31. The summed E-state index contributed by atoms with van der Waals surface area (Å²) in [6.45, 7) is 5.21. The molecule has 7 heteroatoms. The van der Waals surface area contributed by atoms with E-state index in [1.807, 2.05) is 0 Å². The van der Waals surface area contributed by atoms with Gasteiger partial charge in [0.25, 0.3) is 11.8 Å². The number of hydrogen-bond acceptors (Lipinski definition) is 5. The molecule has 0 atom stereocenters. The van der Waals surface area contributed by atoms with Gasteiger partial charge in [0.15, 0.2) is 0 Å². The van der Waals surface area contributed by atoms with Crippen molar-refractivity contribution in [2.24, 2.45) is 5.41 Å². The molecule has 3 rings (SSSR count). The van der Waals surface area contributed by atoms with Crippen molar-refractivity contribution in [1.29, 1.82) is 0 Å². The van der Waals surface area contributed by atoms with Crippen LogP contribution in [0, 0.1) is 5.41 Å². The van der Waals surface area contributed by atoms with Gasteiger partial charge in [-0.25, -0.2) is 4.79 Å². The minimum absolute atomic E-state index is 0.0339. The molecular weight excluding hydrogens is 348 g/mol. The van der Waals surface area contributed by atoms with Crippen molar-refractivity contribution >= 4 is 29.4 Å². The fourth-order valence-electron chi connectivity index (χ4n) is 2.46. The molecule has 0 spiro atoms. The van der Waals surface area contributed by atoms with Crippen molar-refractivity contribution < 1.29 is 24.0 Å². The fourth-order valence-corrected chi connectivity index (χ4v) is 2.46. The number of fused-ring (bicyclic) bond motifs is 1. The smallest absolute Gasteiger partial charge is 0.325 e. The maximum Gasteiger partial charge on any atom is 0.366 e. The summed E-state index contributed by atoms with van der Waals surface area (Å²) in [4.78, 5) is 54.5. The molecule has 3 amide bonds. The van der Waals surface area contributed by atoms with E-state index < -0.39 is 23.2 Å². The van der Waals surface area contributed by atoms with Crippen molar-refractivity contribution in [2.75, 3.05) is 5.32 Å². The maximum absolute atomic E-state index is 12.6. The Labute approximate surface area is 155 Å². The summed E-state index contributed by atoms with van der Waals surface area (Å²) >= 11 is 0. The second-order valence-electron chi connectivity index (χ2n) is 7.08. The zero-order valence-corrected chi connectivity index (χ0v) is 15.1. The second-order valence-corrected chi connectivity index (χ2v) is 7.08. The van der Waals surface area contributed by atoms with Crippen LogP contribution in [0.25, 0.3) is 0 Å². The molecule has 0 bridgehead atoms. The van der Waals surface area contributed by atoms with E-state index >= 15 is 0 Å². The SMILES string of the molecule is CC(C)(C)C(=O)Nc1ccccc1C(=O)ON1C(=O)c2ccccc2C1=O. The molecule has 2 aromatic rings. The van der Waals surface area contributed by atoms with E-state index in [0.29, 0.717) is 5.06 Å². The number of amides is 3. The van der Waals surface area contributed by atoms with E-state index in [2.05, 4.69) is 5.32 Å². The molecule has 0 saturated heterocycles. The molecule has 0 saturated carbocycles. The van der Waals surface area contributed by atoms with E-state index in [9.17, 15) is 19.2 Å². The molecule has 0 fully saturated rings. The normalized spacial score (nSPS) is 13.4. The van der Waals surface area contributed by atoms with Crippen molar-refractivity contribution in [3.05, 3.63) is 65.2 Å².